The fraction of sp³-hybridized carbons (Fsp3) is 0.333. The summed E-state index contributed by atoms with van der Waals surface area (Å²) in [6.45, 7) is 2.14. The Bertz CT molecular complexity index is 259. The number of rotatable bonds is 2. The van der Waals surface area contributed by atoms with Gasteiger partial charge in [0.25, 0.3) is 0 Å². The van der Waals surface area contributed by atoms with Crippen LogP contribution < -0.4 is 5.73 Å². The third-order valence-corrected chi connectivity index (χ3v) is 3.50. The highest BCUT2D eigenvalue weighted by Gasteiger charge is 2.03. The van der Waals surface area contributed by atoms with Crippen molar-refractivity contribution in [1.29, 1.82) is 0 Å². The van der Waals surface area contributed by atoms with Crippen LogP contribution in [0.4, 0.5) is 5.69 Å². The molecule has 0 saturated carbocycles. The Labute approximate surface area is 82.1 Å². The second kappa shape index (κ2) is 4.10. The summed E-state index contributed by atoms with van der Waals surface area (Å²) in [7, 11) is 0. The average molecular weight is 199 g/mol. The van der Waals surface area contributed by atoms with E-state index in [4.69, 9.17) is 5.73 Å². The van der Waals surface area contributed by atoms with Gasteiger partial charge >= 0.3 is 0 Å². The molecule has 0 heterocycles. The summed E-state index contributed by atoms with van der Waals surface area (Å²) in [5.74, 6) is 0. The summed E-state index contributed by atoms with van der Waals surface area (Å²) < 4.78 is 0. The molecule has 0 unspecified atom stereocenters. The highest BCUT2D eigenvalue weighted by atomic mass is 32.2. The first-order valence-corrected chi connectivity index (χ1v) is 6.12. The van der Waals surface area contributed by atoms with E-state index in [1.807, 2.05) is 12.1 Å². The van der Waals surface area contributed by atoms with Gasteiger partial charge in [0.1, 0.15) is 0 Å². The zero-order chi connectivity index (χ0) is 9.14. The lowest BCUT2D eigenvalue weighted by atomic mass is 10.2. The smallest absolute Gasteiger partial charge is 0.0336 e. The van der Waals surface area contributed by atoms with Gasteiger partial charge < -0.3 is 5.73 Å². The molecule has 12 heavy (non-hydrogen) atoms. The summed E-state index contributed by atoms with van der Waals surface area (Å²) in [4.78, 5) is 2.55. The van der Waals surface area contributed by atoms with Crippen LogP contribution in [0.1, 0.15) is 5.56 Å². The van der Waals surface area contributed by atoms with E-state index in [1.165, 1.54) is 15.4 Å². The Kier molecular flexibility index (Phi) is 3.35. The van der Waals surface area contributed by atoms with E-state index in [-0.39, 0.29) is 0 Å². The molecule has 0 aromatic heterocycles. The zero-order valence-corrected chi connectivity index (χ0v) is 9.18. The van der Waals surface area contributed by atoms with E-state index in [0.717, 1.165) is 5.69 Å². The number of hydrogen-bond donors (Lipinski definition) is 1. The summed E-state index contributed by atoms with van der Waals surface area (Å²) in [6, 6.07) is 4.06. The SMILES string of the molecule is CSc1cc(N)cc(SC)c1C. The van der Waals surface area contributed by atoms with Gasteiger partial charge in [0.15, 0.2) is 0 Å². The van der Waals surface area contributed by atoms with Gasteiger partial charge in [-0.3, -0.25) is 0 Å². The fourth-order valence-corrected chi connectivity index (χ4v) is 2.51. The van der Waals surface area contributed by atoms with Crippen molar-refractivity contribution in [2.45, 2.75) is 16.7 Å². The molecule has 1 rings (SSSR count). The summed E-state index contributed by atoms with van der Waals surface area (Å²) >= 11 is 3.49. The molecule has 0 aliphatic carbocycles. The maximum atomic E-state index is 5.75. The minimum Gasteiger partial charge on any atom is -0.399 e. The predicted molar refractivity (Wildman–Crippen MR) is 59.2 cm³/mol. The van der Waals surface area contributed by atoms with Gasteiger partial charge in [-0.15, -0.1) is 23.5 Å². The molecule has 0 saturated heterocycles. The molecule has 0 bridgehead atoms. The first kappa shape index (κ1) is 9.81. The van der Waals surface area contributed by atoms with Crippen molar-refractivity contribution in [2.24, 2.45) is 0 Å². The van der Waals surface area contributed by atoms with Gasteiger partial charge in [-0.2, -0.15) is 0 Å². The monoisotopic (exact) mass is 199 g/mol. The molecule has 0 amide bonds. The van der Waals surface area contributed by atoms with Gasteiger partial charge in [-0.25, -0.2) is 0 Å². The third-order valence-electron chi connectivity index (χ3n) is 1.77. The Morgan fingerprint density at radius 2 is 1.50 bits per heavy atom. The van der Waals surface area contributed by atoms with Gasteiger partial charge in [-0.05, 0) is 37.1 Å². The molecular formula is C9H13NS2. The molecule has 0 fully saturated rings. The standard InChI is InChI=1S/C9H13NS2/c1-6-8(11-2)4-7(10)5-9(6)12-3/h4-5H,10H2,1-3H3. The van der Waals surface area contributed by atoms with Crippen LogP contribution in [-0.2, 0) is 0 Å². The quantitative estimate of drug-likeness (QED) is 0.585. The van der Waals surface area contributed by atoms with E-state index < -0.39 is 0 Å². The number of nitrogens with two attached hydrogens (primary N) is 1. The molecule has 1 nitrogen and oxygen atoms in total. The van der Waals surface area contributed by atoms with Crippen LogP contribution in [-0.4, -0.2) is 12.5 Å². The minimum absolute atomic E-state index is 0.856. The lowest BCUT2D eigenvalue weighted by Gasteiger charge is -2.08. The summed E-state index contributed by atoms with van der Waals surface area (Å²) in [5, 5.41) is 0. The second-order valence-corrected chi connectivity index (χ2v) is 4.25. The van der Waals surface area contributed by atoms with Crippen molar-refractivity contribution in [3.05, 3.63) is 17.7 Å². The summed E-state index contributed by atoms with van der Waals surface area (Å²) in [5.41, 5.74) is 7.95. The molecule has 66 valence electrons. The first-order chi connectivity index (χ1) is 5.69. The van der Waals surface area contributed by atoms with Gasteiger partial charge in [0.05, 0.1) is 0 Å². The highest BCUT2D eigenvalue weighted by Crippen LogP contribution is 2.30. The molecule has 0 atom stereocenters. The van der Waals surface area contributed by atoms with Crippen LogP contribution in [0.5, 0.6) is 0 Å². The molecule has 0 radical (unpaired) electrons. The molecule has 0 spiro atoms. The Morgan fingerprint density at radius 3 is 1.83 bits per heavy atom. The van der Waals surface area contributed by atoms with Crippen molar-refractivity contribution >= 4 is 29.2 Å². The van der Waals surface area contributed by atoms with E-state index in [2.05, 4.69) is 19.4 Å². The number of anilines is 1. The van der Waals surface area contributed by atoms with Gasteiger partial charge in [0, 0.05) is 15.5 Å². The molecule has 2 N–H and O–H groups in total. The molecule has 3 heteroatoms. The van der Waals surface area contributed by atoms with Crippen LogP contribution in [0.3, 0.4) is 0 Å². The zero-order valence-electron chi connectivity index (χ0n) is 7.55. The molecule has 1 aromatic carbocycles. The Balaban J connectivity index is 3.22. The van der Waals surface area contributed by atoms with E-state index in [1.54, 1.807) is 23.5 Å². The lowest BCUT2D eigenvalue weighted by molar-refractivity contribution is 1.20. The number of thioether (sulfide) groups is 2. The van der Waals surface area contributed by atoms with E-state index in [0.29, 0.717) is 0 Å². The lowest BCUT2D eigenvalue weighted by Crippen LogP contribution is -1.90. The van der Waals surface area contributed by atoms with Crippen LogP contribution in [0.15, 0.2) is 21.9 Å². The van der Waals surface area contributed by atoms with Crippen LogP contribution in [0, 0.1) is 6.92 Å². The number of hydrogen-bond acceptors (Lipinski definition) is 3. The van der Waals surface area contributed by atoms with Crippen LogP contribution in [0.25, 0.3) is 0 Å². The predicted octanol–water partition coefficient (Wildman–Crippen LogP) is 3.02. The molecular weight excluding hydrogens is 186 g/mol. The van der Waals surface area contributed by atoms with Crippen molar-refractivity contribution in [3.63, 3.8) is 0 Å². The highest BCUT2D eigenvalue weighted by molar-refractivity contribution is 7.99. The van der Waals surface area contributed by atoms with E-state index >= 15 is 0 Å². The molecule has 0 aliphatic rings. The number of nitrogen functional groups attached to an aromatic ring is 1. The average Bonchev–Trinajstić information content (AvgIpc) is 2.08. The van der Waals surface area contributed by atoms with Crippen molar-refractivity contribution in [1.82, 2.24) is 0 Å². The van der Waals surface area contributed by atoms with Gasteiger partial charge in [0.2, 0.25) is 0 Å². The third kappa shape index (κ3) is 1.90. The van der Waals surface area contributed by atoms with E-state index in [9.17, 15) is 0 Å². The molecule has 1 aromatic rings. The van der Waals surface area contributed by atoms with Crippen molar-refractivity contribution in [2.75, 3.05) is 18.2 Å². The van der Waals surface area contributed by atoms with Crippen molar-refractivity contribution in [3.8, 4) is 0 Å². The Morgan fingerprint density at radius 1 is 1.08 bits per heavy atom. The minimum atomic E-state index is 0.856. The fourth-order valence-electron chi connectivity index (χ4n) is 1.11. The normalized spacial score (nSPS) is 10.2. The summed E-state index contributed by atoms with van der Waals surface area (Å²) in [6.07, 6.45) is 4.15. The van der Waals surface area contributed by atoms with Crippen molar-refractivity contribution < 1.29 is 0 Å². The first-order valence-electron chi connectivity index (χ1n) is 3.67. The van der Waals surface area contributed by atoms with Crippen LogP contribution in [0.2, 0.25) is 0 Å². The maximum absolute atomic E-state index is 5.75. The maximum Gasteiger partial charge on any atom is 0.0336 e. The Hall–Kier alpha value is -0.280. The largest absolute Gasteiger partial charge is 0.399 e. The van der Waals surface area contributed by atoms with Gasteiger partial charge in [-0.1, -0.05) is 0 Å². The topological polar surface area (TPSA) is 26.0 Å². The van der Waals surface area contributed by atoms with Crippen LogP contribution >= 0.6 is 23.5 Å². The second-order valence-electron chi connectivity index (χ2n) is 2.55. The molecule has 0 aliphatic heterocycles. The number of benzene rings is 1.